The number of nitrogen functional groups attached to an aromatic ring is 1. The van der Waals surface area contributed by atoms with Gasteiger partial charge < -0.3 is 15.8 Å². The number of hydrazine groups is 1. The lowest BCUT2D eigenvalue weighted by Gasteiger charge is -2.22. The van der Waals surface area contributed by atoms with Crippen LogP contribution in [0.2, 0.25) is 0 Å². The van der Waals surface area contributed by atoms with E-state index >= 15 is 0 Å². The molecule has 0 radical (unpaired) electrons. The zero-order chi connectivity index (χ0) is 12.9. The quantitative estimate of drug-likeness (QED) is 0.260. The van der Waals surface area contributed by atoms with Gasteiger partial charge in [-0.2, -0.15) is 0 Å². The van der Waals surface area contributed by atoms with Gasteiger partial charge >= 0.3 is 0 Å². The Morgan fingerprint density at radius 2 is 2.06 bits per heavy atom. The van der Waals surface area contributed by atoms with E-state index in [0.717, 1.165) is 0 Å². The number of aliphatic hydroxyl groups is 1. The van der Waals surface area contributed by atoms with Crippen LogP contribution in [0.25, 0.3) is 0 Å². The highest BCUT2D eigenvalue weighted by Gasteiger charge is 2.16. The summed E-state index contributed by atoms with van der Waals surface area (Å²) in [5, 5.41) is 13.0. The lowest BCUT2D eigenvalue weighted by atomic mass is 9.95. The number of thioether (sulfide) groups is 1. The molecule has 0 aliphatic heterocycles. The predicted molar refractivity (Wildman–Crippen MR) is 71.0 cm³/mol. The van der Waals surface area contributed by atoms with Crippen LogP contribution in [0.5, 0.6) is 0 Å². The van der Waals surface area contributed by atoms with E-state index in [1.165, 1.54) is 11.8 Å². The number of nitrogens with one attached hydrogen (secondary N) is 2. The number of hydrogen-bond acceptors (Lipinski definition) is 7. The second-order valence-electron chi connectivity index (χ2n) is 4.45. The van der Waals surface area contributed by atoms with Crippen LogP contribution in [-0.2, 0) is 0 Å². The predicted octanol–water partition coefficient (Wildman–Crippen LogP) is 0.914. The minimum Gasteiger partial charge on any atom is -0.396 e. The Bertz CT molecular complexity index is 349. The molecule has 0 aromatic carbocycles. The highest BCUT2D eigenvalue weighted by molar-refractivity contribution is 7.98. The number of nitrogens with two attached hydrogens (primary N) is 1. The molecule has 0 spiro atoms. The van der Waals surface area contributed by atoms with E-state index in [1.807, 2.05) is 20.1 Å². The monoisotopic (exact) mass is 257 g/mol. The number of anilines is 2. The second-order valence-corrected chi connectivity index (χ2v) is 5.22. The van der Waals surface area contributed by atoms with Crippen molar-refractivity contribution in [2.24, 2.45) is 11.3 Å². The number of nitrogens with zero attached hydrogens (tertiary/aromatic N) is 2. The van der Waals surface area contributed by atoms with Crippen molar-refractivity contribution < 1.29 is 5.11 Å². The summed E-state index contributed by atoms with van der Waals surface area (Å²) in [5.74, 6) is 6.59. The Kier molecular flexibility index (Phi) is 4.98. The van der Waals surface area contributed by atoms with Crippen molar-refractivity contribution in [1.82, 2.24) is 9.97 Å². The zero-order valence-corrected chi connectivity index (χ0v) is 11.1. The molecule has 1 aromatic rings. The molecule has 0 amide bonds. The molecule has 0 saturated heterocycles. The van der Waals surface area contributed by atoms with Crippen LogP contribution in [0.3, 0.4) is 0 Å². The van der Waals surface area contributed by atoms with Crippen molar-refractivity contribution in [2.75, 3.05) is 30.1 Å². The molecule has 1 heterocycles. The molecular weight excluding hydrogens is 238 g/mol. The van der Waals surface area contributed by atoms with Gasteiger partial charge in [0.2, 0.25) is 0 Å². The molecule has 7 heteroatoms. The molecule has 0 saturated carbocycles. The first-order valence-corrected chi connectivity index (χ1v) is 6.47. The molecule has 0 aliphatic rings. The fourth-order valence-electron chi connectivity index (χ4n) is 1.07. The average Bonchev–Trinajstić information content (AvgIpc) is 2.36. The van der Waals surface area contributed by atoms with Crippen molar-refractivity contribution in [1.29, 1.82) is 0 Å². The maximum atomic E-state index is 9.16. The molecule has 0 aliphatic carbocycles. The highest BCUT2D eigenvalue weighted by Crippen LogP contribution is 2.19. The molecule has 0 bridgehead atoms. The summed E-state index contributed by atoms with van der Waals surface area (Å²) in [6, 6.07) is 1.73. The van der Waals surface area contributed by atoms with Crippen LogP contribution in [0.4, 0.5) is 11.6 Å². The number of aromatic nitrogens is 2. The van der Waals surface area contributed by atoms with Gasteiger partial charge in [0.15, 0.2) is 5.16 Å². The van der Waals surface area contributed by atoms with Gasteiger partial charge in [-0.25, -0.2) is 15.8 Å². The lowest BCUT2D eigenvalue weighted by molar-refractivity contribution is 0.170. The molecular formula is C10H19N5OS. The van der Waals surface area contributed by atoms with Gasteiger partial charge in [0.05, 0.1) is 0 Å². The molecule has 0 atom stereocenters. The first kappa shape index (κ1) is 14.0. The van der Waals surface area contributed by atoms with E-state index in [2.05, 4.69) is 20.7 Å². The van der Waals surface area contributed by atoms with Crippen molar-refractivity contribution in [2.45, 2.75) is 19.0 Å². The molecule has 1 rings (SSSR count). The average molecular weight is 257 g/mol. The summed E-state index contributed by atoms with van der Waals surface area (Å²) in [5.41, 5.74) is 2.31. The second kappa shape index (κ2) is 6.04. The summed E-state index contributed by atoms with van der Waals surface area (Å²) in [4.78, 5) is 8.46. The van der Waals surface area contributed by atoms with Gasteiger partial charge in [0, 0.05) is 24.6 Å². The van der Waals surface area contributed by atoms with Crippen LogP contribution < -0.4 is 16.6 Å². The van der Waals surface area contributed by atoms with Crippen LogP contribution in [0.15, 0.2) is 11.2 Å². The lowest BCUT2D eigenvalue weighted by Crippen LogP contribution is -2.27. The summed E-state index contributed by atoms with van der Waals surface area (Å²) in [7, 11) is 0. The van der Waals surface area contributed by atoms with E-state index in [1.54, 1.807) is 6.07 Å². The number of aliphatic hydroxyl groups excluding tert-OH is 1. The highest BCUT2D eigenvalue weighted by atomic mass is 32.2. The van der Waals surface area contributed by atoms with Gasteiger partial charge in [-0.15, -0.1) is 0 Å². The van der Waals surface area contributed by atoms with Crippen molar-refractivity contribution in [3.8, 4) is 0 Å². The molecule has 17 heavy (non-hydrogen) atoms. The van der Waals surface area contributed by atoms with Crippen LogP contribution in [0, 0.1) is 5.41 Å². The van der Waals surface area contributed by atoms with Crippen molar-refractivity contribution in [3.63, 3.8) is 0 Å². The summed E-state index contributed by atoms with van der Waals surface area (Å²) >= 11 is 1.44. The summed E-state index contributed by atoms with van der Waals surface area (Å²) in [6.07, 6.45) is 1.90. The smallest absolute Gasteiger partial charge is 0.191 e. The Labute approximate surface area is 105 Å². The van der Waals surface area contributed by atoms with Gasteiger partial charge in [0.25, 0.3) is 0 Å². The topological polar surface area (TPSA) is 96.1 Å². The largest absolute Gasteiger partial charge is 0.396 e. The van der Waals surface area contributed by atoms with Gasteiger partial charge in [-0.05, 0) is 6.26 Å². The Morgan fingerprint density at radius 3 is 2.59 bits per heavy atom. The fraction of sp³-hybridized carbons (Fsp3) is 0.600. The first-order valence-electron chi connectivity index (χ1n) is 5.25. The van der Waals surface area contributed by atoms with E-state index in [0.29, 0.717) is 23.3 Å². The first-order chi connectivity index (χ1) is 8.00. The minimum atomic E-state index is -0.194. The standard InChI is InChI=1S/C10H19N5OS/c1-10(2,6-16)5-12-7-4-8(15-11)14-9(13-7)17-3/h4,16H,5-6,11H2,1-3H3,(H2,12,13,14,15). The van der Waals surface area contributed by atoms with Crippen molar-refractivity contribution >= 4 is 23.4 Å². The zero-order valence-electron chi connectivity index (χ0n) is 10.3. The van der Waals surface area contributed by atoms with Crippen LogP contribution in [0.1, 0.15) is 13.8 Å². The molecule has 6 nitrogen and oxygen atoms in total. The third-order valence-electron chi connectivity index (χ3n) is 2.21. The number of hydrogen-bond donors (Lipinski definition) is 4. The molecule has 1 aromatic heterocycles. The van der Waals surface area contributed by atoms with E-state index in [9.17, 15) is 0 Å². The Morgan fingerprint density at radius 1 is 1.41 bits per heavy atom. The Hall–Kier alpha value is -1.05. The Balaban J connectivity index is 2.76. The maximum absolute atomic E-state index is 9.16. The van der Waals surface area contributed by atoms with E-state index in [4.69, 9.17) is 10.9 Å². The molecule has 0 fully saturated rings. The van der Waals surface area contributed by atoms with E-state index < -0.39 is 0 Å². The minimum absolute atomic E-state index is 0.114. The normalized spacial score (nSPS) is 11.4. The van der Waals surface area contributed by atoms with E-state index in [-0.39, 0.29) is 12.0 Å². The third-order valence-corrected chi connectivity index (χ3v) is 2.76. The third kappa shape index (κ3) is 4.37. The van der Waals surface area contributed by atoms with Crippen molar-refractivity contribution in [3.05, 3.63) is 6.07 Å². The molecule has 0 unspecified atom stereocenters. The summed E-state index contributed by atoms with van der Waals surface area (Å²) in [6.45, 7) is 4.68. The molecule has 5 N–H and O–H groups in total. The van der Waals surface area contributed by atoms with Gasteiger partial charge in [-0.3, -0.25) is 0 Å². The van der Waals surface area contributed by atoms with Gasteiger partial charge in [0.1, 0.15) is 11.6 Å². The fourth-order valence-corrected chi connectivity index (χ4v) is 1.45. The number of rotatable bonds is 6. The van der Waals surface area contributed by atoms with Crippen LogP contribution in [-0.4, -0.2) is 34.5 Å². The van der Waals surface area contributed by atoms with Gasteiger partial charge in [-0.1, -0.05) is 25.6 Å². The maximum Gasteiger partial charge on any atom is 0.191 e. The SMILES string of the molecule is CSc1nc(NN)cc(NCC(C)(C)CO)n1. The van der Waals surface area contributed by atoms with Crippen LogP contribution >= 0.6 is 11.8 Å². The summed E-state index contributed by atoms with van der Waals surface area (Å²) < 4.78 is 0. The molecule has 96 valence electrons.